The Labute approximate surface area is 184 Å². The molecule has 2 aromatic carbocycles. The lowest BCUT2D eigenvalue weighted by atomic mass is 10.1. The van der Waals surface area contributed by atoms with E-state index in [9.17, 15) is 4.79 Å². The standard InChI is InChI=1S/C24H33N3O4/c1-18(26(2)12-11-19-5-10-22(29-3)23(17-19)30-4)24(28)25-20-6-8-21(9-7-20)27-13-15-31-16-14-27/h5-10,17-18H,11-16H2,1-4H3,(H,25,28). The van der Waals surface area contributed by atoms with E-state index in [1.54, 1.807) is 14.2 Å². The third kappa shape index (κ3) is 6.12. The first-order chi connectivity index (χ1) is 15.0. The highest BCUT2D eigenvalue weighted by Crippen LogP contribution is 2.27. The number of rotatable bonds is 9. The number of carbonyl (C=O) groups is 1. The van der Waals surface area contributed by atoms with Gasteiger partial charge in [0.05, 0.1) is 33.5 Å². The largest absolute Gasteiger partial charge is 0.493 e. The second kappa shape index (κ2) is 11.0. The lowest BCUT2D eigenvalue weighted by molar-refractivity contribution is -0.120. The highest BCUT2D eigenvalue weighted by molar-refractivity contribution is 5.94. The van der Waals surface area contributed by atoms with Crippen LogP contribution in [0.5, 0.6) is 11.5 Å². The summed E-state index contributed by atoms with van der Waals surface area (Å²) in [6.45, 7) is 5.98. The third-order valence-corrected chi connectivity index (χ3v) is 5.75. The van der Waals surface area contributed by atoms with Crippen LogP contribution in [-0.2, 0) is 16.0 Å². The van der Waals surface area contributed by atoms with E-state index in [1.165, 1.54) is 0 Å². The Morgan fingerprint density at radius 3 is 2.42 bits per heavy atom. The minimum Gasteiger partial charge on any atom is -0.493 e. The van der Waals surface area contributed by atoms with E-state index in [1.807, 2.05) is 61.3 Å². The van der Waals surface area contributed by atoms with Gasteiger partial charge >= 0.3 is 0 Å². The third-order valence-electron chi connectivity index (χ3n) is 5.75. The van der Waals surface area contributed by atoms with Gasteiger partial charge in [-0.3, -0.25) is 9.69 Å². The SMILES string of the molecule is COc1ccc(CCN(C)C(C)C(=O)Nc2ccc(N3CCOCC3)cc2)cc1OC. The van der Waals surface area contributed by atoms with Crippen molar-refractivity contribution in [1.82, 2.24) is 4.90 Å². The fourth-order valence-electron chi connectivity index (χ4n) is 3.56. The Morgan fingerprint density at radius 2 is 1.77 bits per heavy atom. The van der Waals surface area contributed by atoms with Crippen LogP contribution in [0.1, 0.15) is 12.5 Å². The number of nitrogens with zero attached hydrogens (tertiary/aromatic N) is 2. The molecule has 1 amide bonds. The van der Waals surface area contributed by atoms with Crippen LogP contribution in [0.3, 0.4) is 0 Å². The number of carbonyl (C=O) groups excluding carboxylic acids is 1. The quantitative estimate of drug-likeness (QED) is 0.664. The van der Waals surface area contributed by atoms with E-state index in [-0.39, 0.29) is 11.9 Å². The normalized spacial score (nSPS) is 14.9. The summed E-state index contributed by atoms with van der Waals surface area (Å²) in [5, 5.41) is 3.02. The van der Waals surface area contributed by atoms with Crippen LogP contribution in [0.25, 0.3) is 0 Å². The van der Waals surface area contributed by atoms with E-state index in [2.05, 4.69) is 10.2 Å². The smallest absolute Gasteiger partial charge is 0.241 e. The minimum absolute atomic E-state index is 0.0195. The summed E-state index contributed by atoms with van der Waals surface area (Å²) in [5.74, 6) is 1.41. The molecule has 0 saturated carbocycles. The zero-order valence-electron chi connectivity index (χ0n) is 18.9. The average molecular weight is 428 g/mol. The number of hydrogen-bond donors (Lipinski definition) is 1. The molecule has 7 nitrogen and oxygen atoms in total. The van der Waals surface area contributed by atoms with Crippen LogP contribution in [0.4, 0.5) is 11.4 Å². The van der Waals surface area contributed by atoms with E-state index in [0.717, 1.165) is 56.2 Å². The van der Waals surface area contributed by atoms with Crippen molar-refractivity contribution in [3.8, 4) is 11.5 Å². The first-order valence-electron chi connectivity index (χ1n) is 10.7. The Hall–Kier alpha value is -2.77. The van der Waals surface area contributed by atoms with Crippen molar-refractivity contribution in [3.05, 3.63) is 48.0 Å². The number of methoxy groups -OCH3 is 2. The number of amides is 1. The highest BCUT2D eigenvalue weighted by atomic mass is 16.5. The number of ether oxygens (including phenoxy) is 3. The van der Waals surface area contributed by atoms with Gasteiger partial charge in [-0.2, -0.15) is 0 Å². The topological polar surface area (TPSA) is 63.3 Å². The van der Waals surface area contributed by atoms with Gasteiger partial charge in [0, 0.05) is 31.0 Å². The molecule has 1 N–H and O–H groups in total. The zero-order valence-corrected chi connectivity index (χ0v) is 18.9. The van der Waals surface area contributed by atoms with Crippen LogP contribution in [0.2, 0.25) is 0 Å². The van der Waals surface area contributed by atoms with Crippen molar-refractivity contribution < 1.29 is 19.0 Å². The van der Waals surface area contributed by atoms with Gasteiger partial charge < -0.3 is 24.4 Å². The molecule has 0 aliphatic carbocycles. The molecule has 31 heavy (non-hydrogen) atoms. The van der Waals surface area contributed by atoms with Gasteiger partial charge in [-0.15, -0.1) is 0 Å². The van der Waals surface area contributed by atoms with Crippen molar-refractivity contribution in [2.45, 2.75) is 19.4 Å². The van der Waals surface area contributed by atoms with Crippen molar-refractivity contribution in [2.75, 3.05) is 64.3 Å². The molecule has 1 heterocycles. The van der Waals surface area contributed by atoms with Gasteiger partial charge in [0.2, 0.25) is 5.91 Å². The molecule has 168 valence electrons. The van der Waals surface area contributed by atoms with E-state index in [4.69, 9.17) is 14.2 Å². The second-order valence-corrected chi connectivity index (χ2v) is 7.73. The molecule has 1 saturated heterocycles. The zero-order chi connectivity index (χ0) is 22.2. The van der Waals surface area contributed by atoms with Crippen molar-refractivity contribution in [2.24, 2.45) is 0 Å². The summed E-state index contributed by atoms with van der Waals surface area (Å²) in [4.78, 5) is 17.1. The predicted molar refractivity (Wildman–Crippen MR) is 123 cm³/mol. The summed E-state index contributed by atoms with van der Waals surface area (Å²) in [6.07, 6.45) is 0.808. The molecule has 1 unspecified atom stereocenters. The van der Waals surface area contributed by atoms with Gasteiger partial charge in [0.25, 0.3) is 0 Å². The summed E-state index contributed by atoms with van der Waals surface area (Å²) < 4.78 is 16.1. The fraction of sp³-hybridized carbons (Fsp3) is 0.458. The van der Waals surface area contributed by atoms with Crippen LogP contribution in [0, 0.1) is 0 Å². The van der Waals surface area contributed by atoms with E-state index < -0.39 is 0 Å². The summed E-state index contributed by atoms with van der Waals surface area (Å²) >= 11 is 0. The van der Waals surface area contributed by atoms with Crippen LogP contribution in [0.15, 0.2) is 42.5 Å². The Balaban J connectivity index is 1.51. The maximum Gasteiger partial charge on any atom is 0.241 e. The first-order valence-corrected chi connectivity index (χ1v) is 10.7. The van der Waals surface area contributed by atoms with Gasteiger partial charge in [0.1, 0.15) is 0 Å². The minimum atomic E-state index is -0.251. The number of anilines is 2. The van der Waals surface area contributed by atoms with Crippen molar-refractivity contribution >= 4 is 17.3 Å². The molecule has 1 fully saturated rings. The van der Waals surface area contributed by atoms with Crippen LogP contribution < -0.4 is 19.7 Å². The molecule has 7 heteroatoms. The van der Waals surface area contributed by atoms with E-state index in [0.29, 0.717) is 11.5 Å². The lowest BCUT2D eigenvalue weighted by Gasteiger charge is -2.29. The summed E-state index contributed by atoms with van der Waals surface area (Å²) in [6, 6.07) is 13.7. The maximum absolute atomic E-state index is 12.7. The summed E-state index contributed by atoms with van der Waals surface area (Å²) in [5.41, 5.74) is 3.10. The average Bonchev–Trinajstić information content (AvgIpc) is 2.82. The number of morpholine rings is 1. The molecule has 0 bridgehead atoms. The number of likely N-dealkylation sites (N-methyl/N-ethyl adjacent to an activating group) is 1. The monoisotopic (exact) mass is 427 g/mol. The molecule has 1 aliphatic heterocycles. The second-order valence-electron chi connectivity index (χ2n) is 7.73. The first kappa shape index (κ1) is 22.9. The maximum atomic E-state index is 12.7. The molecule has 0 spiro atoms. The van der Waals surface area contributed by atoms with Gasteiger partial charge in [-0.25, -0.2) is 0 Å². The molecule has 2 aromatic rings. The summed E-state index contributed by atoms with van der Waals surface area (Å²) in [7, 11) is 5.22. The molecule has 1 aliphatic rings. The lowest BCUT2D eigenvalue weighted by Crippen LogP contribution is -2.40. The van der Waals surface area contributed by atoms with Crippen LogP contribution in [-0.4, -0.2) is 71.0 Å². The van der Waals surface area contributed by atoms with Crippen molar-refractivity contribution in [1.29, 1.82) is 0 Å². The molecule has 1 atom stereocenters. The van der Waals surface area contributed by atoms with Gasteiger partial charge in [-0.1, -0.05) is 6.07 Å². The van der Waals surface area contributed by atoms with Gasteiger partial charge in [0.15, 0.2) is 11.5 Å². The van der Waals surface area contributed by atoms with E-state index >= 15 is 0 Å². The molecule has 0 radical (unpaired) electrons. The molecular formula is C24H33N3O4. The van der Waals surface area contributed by atoms with Crippen molar-refractivity contribution in [3.63, 3.8) is 0 Å². The number of benzene rings is 2. The number of hydrogen-bond acceptors (Lipinski definition) is 6. The predicted octanol–water partition coefficient (Wildman–Crippen LogP) is 3.04. The Morgan fingerprint density at radius 1 is 1.10 bits per heavy atom. The van der Waals surface area contributed by atoms with Crippen LogP contribution >= 0.6 is 0 Å². The molecule has 3 rings (SSSR count). The number of nitrogens with one attached hydrogen (secondary N) is 1. The van der Waals surface area contributed by atoms with Gasteiger partial charge in [-0.05, 0) is 62.4 Å². The molecule has 0 aromatic heterocycles. The fourth-order valence-corrected chi connectivity index (χ4v) is 3.56. The molecular weight excluding hydrogens is 394 g/mol. The highest BCUT2D eigenvalue weighted by Gasteiger charge is 2.18. The Kier molecular flexibility index (Phi) is 8.14. The Bertz CT molecular complexity index is 850.